The van der Waals surface area contributed by atoms with Gasteiger partial charge in [0.2, 0.25) is 0 Å². The van der Waals surface area contributed by atoms with Gasteiger partial charge in [0, 0.05) is 24.2 Å². The van der Waals surface area contributed by atoms with Crippen LogP contribution in [-0.4, -0.2) is 72.3 Å². The number of nitrogens with two attached hydrogens (primary N) is 2. The molecule has 0 saturated heterocycles. The van der Waals surface area contributed by atoms with E-state index in [0.717, 1.165) is 11.3 Å². The molecular weight excluding hydrogens is 474 g/mol. The third kappa shape index (κ3) is 6.19. The van der Waals surface area contributed by atoms with E-state index < -0.39 is 16.4 Å². The molecule has 11 nitrogen and oxygen atoms in total. The van der Waals surface area contributed by atoms with Crippen molar-refractivity contribution >= 4 is 23.5 Å². The van der Waals surface area contributed by atoms with Gasteiger partial charge in [-0.2, -0.15) is 4.99 Å². The monoisotopic (exact) mass is 508 g/mol. The fourth-order valence-electron chi connectivity index (χ4n) is 4.51. The maximum absolute atomic E-state index is 13.5. The number of urea groups is 1. The average Bonchev–Trinajstić information content (AvgIpc) is 3.13. The lowest BCUT2D eigenvalue weighted by atomic mass is 9.99. The van der Waals surface area contributed by atoms with Crippen molar-refractivity contribution < 1.29 is 19.8 Å². The Labute approximate surface area is 216 Å². The highest BCUT2D eigenvalue weighted by atomic mass is 16.6. The number of rotatable bonds is 8. The SMILES string of the molecule is C[NH2+]C1=C(C(N)=NC(=O)c2ccc([N+](=O)[O-])cc2)CN(C(=O)N[C@H](CN(C)C)c2ccccc2)C1(C)C. The van der Waals surface area contributed by atoms with Crippen LogP contribution >= 0.6 is 0 Å². The lowest BCUT2D eigenvalue weighted by molar-refractivity contribution is -0.584. The fraction of sp³-hybridized carbons (Fsp3) is 0.346. The number of non-ortho nitro benzene ring substituents is 1. The first-order valence-corrected chi connectivity index (χ1v) is 11.9. The maximum Gasteiger partial charge on any atom is 0.319 e. The molecule has 1 atom stereocenters. The molecule has 3 rings (SSSR count). The zero-order chi connectivity index (χ0) is 27.3. The van der Waals surface area contributed by atoms with Gasteiger partial charge in [0.15, 0.2) is 0 Å². The smallest absolute Gasteiger partial charge is 0.319 e. The van der Waals surface area contributed by atoms with Gasteiger partial charge >= 0.3 is 6.03 Å². The van der Waals surface area contributed by atoms with Crippen LogP contribution in [0.4, 0.5) is 10.5 Å². The van der Waals surface area contributed by atoms with Gasteiger partial charge < -0.3 is 26.2 Å². The van der Waals surface area contributed by atoms with Crippen molar-refractivity contribution in [1.82, 2.24) is 15.1 Å². The van der Waals surface area contributed by atoms with Gasteiger partial charge in [0.05, 0.1) is 30.1 Å². The number of amidine groups is 1. The lowest BCUT2D eigenvalue weighted by Crippen LogP contribution is -2.82. The quantitative estimate of drug-likeness (QED) is 0.213. The molecule has 0 spiro atoms. The second-order valence-electron chi connectivity index (χ2n) is 9.61. The third-order valence-electron chi connectivity index (χ3n) is 6.41. The summed E-state index contributed by atoms with van der Waals surface area (Å²) in [5, 5.41) is 15.9. The first kappa shape index (κ1) is 27.5. The van der Waals surface area contributed by atoms with Gasteiger partial charge in [-0.1, -0.05) is 30.3 Å². The van der Waals surface area contributed by atoms with Gasteiger partial charge in [-0.25, -0.2) is 4.79 Å². The summed E-state index contributed by atoms with van der Waals surface area (Å²) in [6, 6.07) is 14.4. The minimum Gasteiger partial charge on any atom is -0.383 e. The summed E-state index contributed by atoms with van der Waals surface area (Å²) in [5.74, 6) is -0.612. The van der Waals surface area contributed by atoms with Gasteiger partial charge in [-0.15, -0.1) is 0 Å². The van der Waals surface area contributed by atoms with Crippen molar-refractivity contribution in [3.63, 3.8) is 0 Å². The van der Waals surface area contributed by atoms with E-state index in [1.54, 1.807) is 4.90 Å². The number of carbonyl (C=O) groups excluding carboxylic acids is 2. The standard InChI is InChI=1S/C26H33N7O4/c1-26(2)22(28-3)20(23(27)30-24(34)18-11-13-19(14-12-18)33(36)37)15-32(26)25(35)29-21(16-31(4)5)17-9-7-6-8-10-17/h6-14,21,28H,15-16H2,1-5H3,(H,29,35)(H2,27,30,34)/p+1/t21-/m1/s1. The van der Waals surface area contributed by atoms with E-state index in [2.05, 4.69) is 10.3 Å². The van der Waals surface area contributed by atoms with Crippen LogP contribution in [0.1, 0.15) is 35.8 Å². The summed E-state index contributed by atoms with van der Waals surface area (Å²) in [6.45, 7) is 4.63. The molecule has 0 saturated carbocycles. The minimum atomic E-state index is -0.704. The van der Waals surface area contributed by atoms with E-state index in [1.165, 1.54) is 24.3 Å². The zero-order valence-corrected chi connectivity index (χ0v) is 21.8. The number of aliphatic imine (C=N–C) groups is 1. The van der Waals surface area contributed by atoms with Crippen LogP contribution in [0, 0.1) is 10.1 Å². The number of nitrogens with one attached hydrogen (secondary N) is 1. The minimum absolute atomic E-state index is 0.00716. The normalized spacial score (nSPS) is 16.2. The molecule has 0 aromatic heterocycles. The van der Waals surface area contributed by atoms with E-state index in [0.29, 0.717) is 12.1 Å². The summed E-state index contributed by atoms with van der Waals surface area (Å²) >= 11 is 0. The number of benzene rings is 2. The number of likely N-dealkylation sites (N-methyl/N-ethyl adjacent to an activating group) is 2. The first-order valence-electron chi connectivity index (χ1n) is 11.9. The van der Waals surface area contributed by atoms with Gasteiger partial charge in [-0.05, 0) is 45.6 Å². The van der Waals surface area contributed by atoms with E-state index in [1.807, 2.05) is 75.5 Å². The second-order valence-corrected chi connectivity index (χ2v) is 9.61. The van der Waals surface area contributed by atoms with Gasteiger partial charge in [-0.3, -0.25) is 14.9 Å². The van der Waals surface area contributed by atoms with Crippen LogP contribution in [0.25, 0.3) is 0 Å². The number of nitro groups is 1. The van der Waals surface area contributed by atoms with E-state index in [4.69, 9.17) is 5.73 Å². The Bertz CT molecular complexity index is 1220. The molecule has 1 aliphatic rings. The molecule has 0 radical (unpaired) electrons. The highest BCUT2D eigenvalue weighted by Crippen LogP contribution is 2.31. The maximum atomic E-state index is 13.5. The van der Waals surface area contributed by atoms with Crippen molar-refractivity contribution in [1.29, 1.82) is 0 Å². The molecule has 1 aliphatic heterocycles. The Morgan fingerprint density at radius 3 is 2.35 bits per heavy atom. The predicted molar refractivity (Wildman–Crippen MR) is 141 cm³/mol. The van der Waals surface area contributed by atoms with Crippen LogP contribution in [-0.2, 0) is 0 Å². The number of hydrogen-bond acceptors (Lipinski definition) is 5. The largest absolute Gasteiger partial charge is 0.383 e. The molecule has 196 valence electrons. The highest BCUT2D eigenvalue weighted by molar-refractivity contribution is 6.09. The van der Waals surface area contributed by atoms with E-state index in [-0.39, 0.29) is 35.7 Å². The number of nitrogens with zero attached hydrogens (tertiary/aromatic N) is 4. The van der Waals surface area contributed by atoms with Crippen molar-refractivity contribution in [2.24, 2.45) is 10.7 Å². The zero-order valence-electron chi connectivity index (χ0n) is 21.8. The van der Waals surface area contributed by atoms with Crippen molar-refractivity contribution in [3.05, 3.63) is 87.1 Å². The second kappa shape index (κ2) is 11.3. The van der Waals surface area contributed by atoms with Crippen molar-refractivity contribution in [3.8, 4) is 0 Å². The Hall–Kier alpha value is -4.09. The first-order chi connectivity index (χ1) is 17.4. The predicted octanol–water partition coefficient (Wildman–Crippen LogP) is 1.65. The molecule has 0 fully saturated rings. The Morgan fingerprint density at radius 1 is 1.19 bits per heavy atom. The van der Waals surface area contributed by atoms with E-state index in [9.17, 15) is 19.7 Å². The fourth-order valence-corrected chi connectivity index (χ4v) is 4.51. The number of quaternary nitrogens is 1. The molecular formula is C26H34N7O4+. The number of nitro benzene ring substituents is 1. The molecule has 11 heteroatoms. The van der Waals surface area contributed by atoms with Crippen LogP contribution < -0.4 is 16.4 Å². The highest BCUT2D eigenvalue weighted by Gasteiger charge is 2.46. The van der Waals surface area contributed by atoms with Crippen molar-refractivity contribution in [2.75, 3.05) is 34.2 Å². The summed E-state index contributed by atoms with van der Waals surface area (Å²) < 4.78 is 0. The average molecular weight is 509 g/mol. The lowest BCUT2D eigenvalue weighted by Gasteiger charge is -2.34. The molecule has 37 heavy (non-hydrogen) atoms. The summed E-state index contributed by atoms with van der Waals surface area (Å²) in [6.07, 6.45) is 0. The number of carbonyl (C=O) groups is 2. The van der Waals surface area contributed by atoms with E-state index >= 15 is 0 Å². The van der Waals surface area contributed by atoms with Crippen LogP contribution in [0.2, 0.25) is 0 Å². The topological polar surface area (TPSA) is 151 Å². The Kier molecular flexibility index (Phi) is 8.41. The third-order valence-corrected chi connectivity index (χ3v) is 6.41. The van der Waals surface area contributed by atoms with Crippen LogP contribution in [0.5, 0.6) is 0 Å². The van der Waals surface area contributed by atoms with Gasteiger partial charge in [0.1, 0.15) is 17.1 Å². The molecule has 1 heterocycles. The summed E-state index contributed by atoms with van der Waals surface area (Å²) in [4.78, 5) is 44.3. The number of amides is 3. The molecule has 3 amide bonds. The van der Waals surface area contributed by atoms with Crippen LogP contribution in [0.15, 0.2) is 70.9 Å². The molecule has 2 aromatic rings. The molecule has 2 aromatic carbocycles. The molecule has 5 N–H and O–H groups in total. The number of hydrogen-bond donors (Lipinski definition) is 3. The molecule has 0 unspecified atom stereocenters. The van der Waals surface area contributed by atoms with Crippen molar-refractivity contribution in [2.45, 2.75) is 25.4 Å². The van der Waals surface area contributed by atoms with Gasteiger partial charge in [0.25, 0.3) is 11.6 Å². The van der Waals surface area contributed by atoms with Crippen LogP contribution in [0.3, 0.4) is 0 Å². The Balaban J connectivity index is 1.84. The summed E-state index contributed by atoms with van der Waals surface area (Å²) in [5.41, 5.74) is 8.00. The summed E-state index contributed by atoms with van der Waals surface area (Å²) in [7, 11) is 5.75. The Morgan fingerprint density at radius 2 is 1.81 bits per heavy atom. The molecule has 0 bridgehead atoms. The molecule has 0 aliphatic carbocycles.